The Hall–Kier alpha value is -2.61. The number of aromatic nitrogens is 1. The largest absolute Gasteiger partial charge is 0.491 e. The van der Waals surface area contributed by atoms with Crippen LogP contribution < -0.4 is 10.1 Å². The van der Waals surface area contributed by atoms with Crippen molar-refractivity contribution in [2.45, 2.75) is 59.6 Å². The van der Waals surface area contributed by atoms with Crippen molar-refractivity contribution >= 4 is 30.8 Å². The average molecular weight is 616 g/mol. The maximum Gasteiger partial charge on any atom is 0.244 e. The van der Waals surface area contributed by atoms with Crippen LogP contribution in [0.15, 0.2) is 70.6 Å². The molecule has 2 aromatic carbocycles. The van der Waals surface area contributed by atoms with E-state index in [1.807, 2.05) is 24.3 Å². The molecule has 1 aromatic heterocycles. The highest BCUT2D eigenvalue weighted by Crippen LogP contribution is 2.37. The van der Waals surface area contributed by atoms with Crippen LogP contribution in [0.25, 0.3) is 10.9 Å². The van der Waals surface area contributed by atoms with Crippen LogP contribution in [0.4, 0.5) is 0 Å². The summed E-state index contributed by atoms with van der Waals surface area (Å²) in [5, 5.41) is 14.6. The van der Waals surface area contributed by atoms with Crippen LogP contribution in [-0.4, -0.2) is 87.6 Å². The third kappa shape index (κ3) is 6.63. The zero-order valence-electron chi connectivity index (χ0n) is 23.4. The molecular weight excluding hydrogens is 578 g/mol. The summed E-state index contributed by atoms with van der Waals surface area (Å²) >= 11 is 0. The first kappa shape index (κ1) is 29.5. The number of hydrogen-bond acceptors (Lipinski definition) is 9. The number of para-hydroxylation sites is 1. The van der Waals surface area contributed by atoms with Crippen molar-refractivity contribution in [1.82, 2.24) is 14.6 Å². The number of pyridine rings is 1. The molecular formula is C30H37N3O7S2. The van der Waals surface area contributed by atoms with Crippen molar-refractivity contribution in [1.29, 1.82) is 0 Å². The first-order chi connectivity index (χ1) is 20.1. The molecule has 1 spiro atoms. The number of sulfone groups is 1. The fourth-order valence-electron chi connectivity index (χ4n) is 5.80. The molecule has 0 radical (unpaired) electrons. The highest BCUT2D eigenvalue weighted by Gasteiger charge is 2.44. The monoisotopic (exact) mass is 615 g/mol. The van der Waals surface area contributed by atoms with Gasteiger partial charge in [0.1, 0.15) is 23.4 Å². The van der Waals surface area contributed by atoms with E-state index in [1.54, 1.807) is 24.3 Å². The number of fused-ring (bicyclic) bond motifs is 1. The summed E-state index contributed by atoms with van der Waals surface area (Å²) in [6, 6.07) is 15.6. The minimum absolute atomic E-state index is 0.0221. The van der Waals surface area contributed by atoms with Gasteiger partial charge >= 0.3 is 0 Å². The maximum atomic E-state index is 13.3. The van der Waals surface area contributed by atoms with E-state index in [0.717, 1.165) is 30.2 Å². The van der Waals surface area contributed by atoms with Crippen molar-refractivity contribution in [2.24, 2.45) is 5.92 Å². The second-order valence-electron chi connectivity index (χ2n) is 11.7. The van der Waals surface area contributed by atoms with Gasteiger partial charge in [-0.05, 0) is 68.4 Å². The van der Waals surface area contributed by atoms with E-state index in [4.69, 9.17) is 9.47 Å². The van der Waals surface area contributed by atoms with Crippen LogP contribution in [0.2, 0.25) is 0 Å². The molecule has 1 aliphatic carbocycles. The van der Waals surface area contributed by atoms with Gasteiger partial charge in [-0.1, -0.05) is 24.3 Å². The Balaban J connectivity index is 0.962. The number of benzene rings is 2. The Bertz CT molecular complexity index is 1640. The Morgan fingerprint density at radius 2 is 1.83 bits per heavy atom. The van der Waals surface area contributed by atoms with E-state index in [9.17, 15) is 21.9 Å². The molecule has 0 bridgehead atoms. The number of rotatable bonds is 11. The van der Waals surface area contributed by atoms with Crippen LogP contribution in [0.5, 0.6) is 5.75 Å². The van der Waals surface area contributed by atoms with Crippen molar-refractivity contribution < 1.29 is 31.4 Å². The minimum Gasteiger partial charge on any atom is -0.491 e. The van der Waals surface area contributed by atoms with Crippen LogP contribution in [0.3, 0.4) is 0 Å². The summed E-state index contributed by atoms with van der Waals surface area (Å²) < 4.78 is 65.2. The lowest BCUT2D eigenvalue weighted by Crippen LogP contribution is -2.47. The summed E-state index contributed by atoms with van der Waals surface area (Å²) in [7, 11) is -6.99. The second-order valence-corrected chi connectivity index (χ2v) is 15.7. The number of sulfonamides is 1. The predicted octanol–water partition coefficient (Wildman–Crippen LogP) is 2.76. The SMILES string of the molecule is O=S(=O)(CC1CC1)c1cccc(OCC(O)CNC2COC3(CCN(S(=O)(=O)c4cnc5ccccc5c4)CC3)C2)c1. The second kappa shape index (κ2) is 11.8. The number of nitrogens with one attached hydrogen (secondary N) is 1. The Kier molecular flexibility index (Phi) is 8.29. The van der Waals surface area contributed by atoms with E-state index in [1.165, 1.54) is 16.6 Å². The van der Waals surface area contributed by atoms with Crippen LogP contribution in [0, 0.1) is 5.92 Å². The summed E-state index contributed by atoms with van der Waals surface area (Å²) in [5.74, 6) is 0.846. The molecule has 10 nitrogen and oxygen atoms in total. The first-order valence-corrected chi connectivity index (χ1v) is 17.6. The molecule has 12 heteroatoms. The molecule has 3 aromatic rings. The molecule has 2 aliphatic heterocycles. The summed E-state index contributed by atoms with van der Waals surface area (Å²) in [6.45, 7) is 1.53. The van der Waals surface area contributed by atoms with E-state index in [2.05, 4.69) is 10.3 Å². The van der Waals surface area contributed by atoms with Gasteiger partial charge in [-0.2, -0.15) is 4.31 Å². The van der Waals surface area contributed by atoms with Gasteiger partial charge < -0.3 is 19.9 Å². The number of aliphatic hydroxyl groups is 1. The van der Waals surface area contributed by atoms with Crippen LogP contribution >= 0.6 is 0 Å². The maximum absolute atomic E-state index is 13.3. The summed E-state index contributed by atoms with van der Waals surface area (Å²) in [5.41, 5.74) is 0.367. The van der Waals surface area contributed by atoms with Crippen molar-refractivity contribution in [3.8, 4) is 5.75 Å². The van der Waals surface area contributed by atoms with E-state index >= 15 is 0 Å². The minimum atomic E-state index is -3.66. The normalized spacial score (nSPS) is 22.0. The Morgan fingerprint density at radius 3 is 2.62 bits per heavy atom. The van der Waals surface area contributed by atoms with Crippen molar-refractivity contribution in [3.05, 3.63) is 60.8 Å². The predicted molar refractivity (Wildman–Crippen MR) is 158 cm³/mol. The molecule has 2 atom stereocenters. The third-order valence-electron chi connectivity index (χ3n) is 8.45. The first-order valence-electron chi connectivity index (χ1n) is 14.5. The third-order valence-corrected chi connectivity index (χ3v) is 12.2. The van der Waals surface area contributed by atoms with Gasteiger partial charge in [0.05, 0.1) is 28.4 Å². The van der Waals surface area contributed by atoms with Gasteiger partial charge in [0.15, 0.2) is 9.84 Å². The fraction of sp³-hybridized carbons (Fsp3) is 0.500. The van der Waals surface area contributed by atoms with E-state index < -0.39 is 26.0 Å². The number of aliphatic hydroxyl groups excluding tert-OH is 1. The molecule has 1 saturated carbocycles. The molecule has 42 heavy (non-hydrogen) atoms. The zero-order chi connectivity index (χ0) is 29.4. The van der Waals surface area contributed by atoms with Crippen molar-refractivity contribution in [3.63, 3.8) is 0 Å². The molecule has 3 fully saturated rings. The topological polar surface area (TPSA) is 135 Å². The van der Waals surface area contributed by atoms with E-state index in [0.29, 0.717) is 44.8 Å². The van der Waals surface area contributed by atoms with Crippen LogP contribution in [0.1, 0.15) is 32.1 Å². The number of piperidine rings is 1. The standard InChI is InChI=1S/C30H37N3O7S2/c34-25(20-39-26-5-3-6-27(15-26)41(35,36)21-22-8-9-22)17-31-24-16-30(40-19-24)10-12-33(13-11-30)42(37,38)28-14-23-4-1-2-7-29(23)32-18-28/h1-7,14-15,18,22,24-25,31,34H,8-13,16-17,19-21H2. The molecule has 0 amide bonds. The lowest BCUT2D eigenvalue weighted by molar-refractivity contribution is -0.0312. The smallest absolute Gasteiger partial charge is 0.244 e. The molecule has 2 N–H and O–H groups in total. The number of nitrogens with zero attached hydrogens (tertiary/aromatic N) is 2. The Morgan fingerprint density at radius 1 is 1.05 bits per heavy atom. The average Bonchev–Trinajstić information content (AvgIpc) is 3.72. The fourth-order valence-corrected chi connectivity index (χ4v) is 8.95. The van der Waals surface area contributed by atoms with Crippen LogP contribution in [-0.2, 0) is 24.6 Å². The molecule has 2 unspecified atom stereocenters. The van der Waals surface area contributed by atoms with Crippen molar-refractivity contribution in [2.75, 3.05) is 38.6 Å². The zero-order valence-corrected chi connectivity index (χ0v) is 25.0. The molecule has 3 heterocycles. The molecule has 6 rings (SSSR count). The highest BCUT2D eigenvalue weighted by atomic mass is 32.2. The molecule has 2 saturated heterocycles. The van der Waals surface area contributed by atoms with Gasteiger partial charge in [0.25, 0.3) is 0 Å². The molecule has 226 valence electrons. The van der Waals surface area contributed by atoms with Gasteiger partial charge in [-0.3, -0.25) is 4.98 Å². The quantitative estimate of drug-likeness (QED) is 0.334. The highest BCUT2D eigenvalue weighted by molar-refractivity contribution is 7.91. The summed E-state index contributed by atoms with van der Waals surface area (Å²) in [6.07, 6.45) is 4.48. The number of ether oxygens (including phenoxy) is 2. The lowest BCUT2D eigenvalue weighted by atomic mass is 9.88. The van der Waals surface area contributed by atoms with E-state index in [-0.39, 0.29) is 39.7 Å². The lowest BCUT2D eigenvalue weighted by Gasteiger charge is -2.38. The molecule has 3 aliphatic rings. The van der Waals surface area contributed by atoms with Gasteiger partial charge in [-0.25, -0.2) is 16.8 Å². The summed E-state index contributed by atoms with van der Waals surface area (Å²) in [4.78, 5) is 4.77. The van der Waals surface area contributed by atoms with Gasteiger partial charge in [0, 0.05) is 37.3 Å². The number of hydrogen-bond donors (Lipinski definition) is 2. The van der Waals surface area contributed by atoms with Gasteiger partial charge in [-0.15, -0.1) is 0 Å². The van der Waals surface area contributed by atoms with Gasteiger partial charge in [0.2, 0.25) is 10.0 Å². The Labute approximate surface area is 247 Å².